The van der Waals surface area contributed by atoms with Crippen LogP contribution in [-0.2, 0) is 4.79 Å². The Morgan fingerprint density at radius 3 is 2.46 bits per heavy atom. The van der Waals surface area contributed by atoms with Gasteiger partial charge in [-0.1, -0.05) is 30.3 Å². The third-order valence-electron chi connectivity index (χ3n) is 5.35. The van der Waals surface area contributed by atoms with E-state index in [2.05, 4.69) is 16.3 Å². The third kappa shape index (κ3) is 4.39. The van der Waals surface area contributed by atoms with Crippen molar-refractivity contribution in [2.24, 2.45) is 0 Å². The quantitative estimate of drug-likeness (QED) is 0.865. The second kappa shape index (κ2) is 8.80. The van der Waals surface area contributed by atoms with Crippen molar-refractivity contribution >= 4 is 29.3 Å². The number of hydrogen-bond donors (Lipinski definition) is 1. The Morgan fingerprint density at radius 2 is 1.68 bits per heavy atom. The molecule has 2 aliphatic rings. The number of fused-ring (bicyclic) bond motifs is 1. The number of carbonyl (C=O) groups is 2. The van der Waals surface area contributed by atoms with Crippen molar-refractivity contribution in [2.45, 2.75) is 23.8 Å². The van der Waals surface area contributed by atoms with E-state index >= 15 is 0 Å². The summed E-state index contributed by atoms with van der Waals surface area (Å²) in [4.78, 5) is 30.5. The molecule has 1 saturated heterocycles. The van der Waals surface area contributed by atoms with Gasteiger partial charge in [0, 0.05) is 41.9 Å². The van der Waals surface area contributed by atoms with E-state index < -0.39 is 0 Å². The fourth-order valence-corrected chi connectivity index (χ4v) is 4.79. The van der Waals surface area contributed by atoms with Crippen molar-refractivity contribution in [2.75, 3.05) is 36.8 Å². The molecule has 0 aromatic heterocycles. The van der Waals surface area contributed by atoms with E-state index in [4.69, 9.17) is 0 Å². The summed E-state index contributed by atoms with van der Waals surface area (Å²) >= 11 is 1.81. The molecule has 0 unspecified atom stereocenters. The SMILES string of the molecule is O=C(NC1CCN(CC(=O)N2CCSc3ccccc32)CC1)c1ccccc1. The molecule has 0 aliphatic carbocycles. The van der Waals surface area contributed by atoms with Crippen molar-refractivity contribution in [1.29, 1.82) is 0 Å². The van der Waals surface area contributed by atoms with Crippen LogP contribution < -0.4 is 10.2 Å². The Kier molecular flexibility index (Phi) is 5.98. The van der Waals surface area contributed by atoms with Crippen molar-refractivity contribution in [3.8, 4) is 0 Å². The molecule has 2 heterocycles. The van der Waals surface area contributed by atoms with Gasteiger partial charge >= 0.3 is 0 Å². The number of amides is 2. The van der Waals surface area contributed by atoms with E-state index in [9.17, 15) is 9.59 Å². The summed E-state index contributed by atoms with van der Waals surface area (Å²) in [6, 6.07) is 17.6. The number of benzene rings is 2. The van der Waals surface area contributed by atoms with Crippen LogP contribution in [0.3, 0.4) is 0 Å². The van der Waals surface area contributed by atoms with E-state index in [1.165, 1.54) is 4.90 Å². The maximum absolute atomic E-state index is 12.9. The molecule has 0 atom stereocenters. The summed E-state index contributed by atoms with van der Waals surface area (Å²) in [7, 11) is 0. The van der Waals surface area contributed by atoms with Gasteiger partial charge in [0.2, 0.25) is 5.91 Å². The Hall–Kier alpha value is -2.31. The van der Waals surface area contributed by atoms with Gasteiger partial charge in [0.25, 0.3) is 5.91 Å². The largest absolute Gasteiger partial charge is 0.349 e. The lowest BCUT2D eigenvalue weighted by atomic mass is 10.0. The molecule has 0 bridgehead atoms. The smallest absolute Gasteiger partial charge is 0.251 e. The van der Waals surface area contributed by atoms with Crippen LogP contribution in [0.25, 0.3) is 0 Å². The highest BCUT2D eigenvalue weighted by Gasteiger charge is 2.27. The van der Waals surface area contributed by atoms with Crippen LogP contribution >= 0.6 is 11.8 Å². The topological polar surface area (TPSA) is 52.7 Å². The number of anilines is 1. The summed E-state index contributed by atoms with van der Waals surface area (Å²) in [6.45, 7) is 2.87. The highest BCUT2D eigenvalue weighted by atomic mass is 32.2. The van der Waals surface area contributed by atoms with E-state index in [1.54, 1.807) is 0 Å². The average molecular weight is 396 g/mol. The van der Waals surface area contributed by atoms with Gasteiger partial charge in [0.1, 0.15) is 0 Å². The van der Waals surface area contributed by atoms with Crippen molar-refractivity contribution in [3.63, 3.8) is 0 Å². The summed E-state index contributed by atoms with van der Waals surface area (Å²) in [5.41, 5.74) is 1.73. The zero-order valence-corrected chi connectivity index (χ0v) is 16.7. The van der Waals surface area contributed by atoms with Crippen LogP contribution in [0.15, 0.2) is 59.5 Å². The van der Waals surface area contributed by atoms with Crippen molar-refractivity contribution < 1.29 is 9.59 Å². The predicted molar refractivity (Wildman–Crippen MR) is 113 cm³/mol. The third-order valence-corrected chi connectivity index (χ3v) is 6.39. The number of hydrogen-bond acceptors (Lipinski definition) is 4. The normalized spacial score (nSPS) is 17.8. The second-order valence-electron chi connectivity index (χ2n) is 7.25. The first-order valence-corrected chi connectivity index (χ1v) is 10.8. The predicted octanol–water partition coefficient (Wildman–Crippen LogP) is 3.02. The molecule has 4 rings (SSSR count). The van der Waals surface area contributed by atoms with E-state index in [1.807, 2.05) is 65.2 Å². The van der Waals surface area contributed by atoms with E-state index in [0.29, 0.717) is 12.1 Å². The first-order valence-electron chi connectivity index (χ1n) is 9.81. The lowest BCUT2D eigenvalue weighted by Gasteiger charge is -2.34. The van der Waals surface area contributed by atoms with Crippen LogP contribution in [0.1, 0.15) is 23.2 Å². The van der Waals surface area contributed by atoms with Gasteiger partial charge in [-0.25, -0.2) is 0 Å². The number of nitrogens with one attached hydrogen (secondary N) is 1. The lowest BCUT2D eigenvalue weighted by molar-refractivity contribution is -0.120. The number of thioether (sulfide) groups is 1. The van der Waals surface area contributed by atoms with Gasteiger partial charge in [-0.2, -0.15) is 0 Å². The summed E-state index contributed by atoms with van der Waals surface area (Å²) < 4.78 is 0. The second-order valence-corrected chi connectivity index (χ2v) is 8.39. The van der Waals surface area contributed by atoms with Gasteiger partial charge in [-0.05, 0) is 37.1 Å². The van der Waals surface area contributed by atoms with Gasteiger partial charge in [-0.3, -0.25) is 14.5 Å². The standard InChI is InChI=1S/C22H25N3O2S/c26-21(25-14-15-28-20-9-5-4-8-19(20)25)16-24-12-10-18(11-13-24)23-22(27)17-6-2-1-3-7-17/h1-9,18H,10-16H2,(H,23,27). The molecule has 6 heteroatoms. The summed E-state index contributed by atoms with van der Waals surface area (Å²) in [5.74, 6) is 1.09. The molecule has 2 aromatic rings. The molecule has 0 saturated carbocycles. The van der Waals surface area contributed by atoms with Crippen LogP contribution in [0.2, 0.25) is 0 Å². The zero-order chi connectivity index (χ0) is 19.3. The molecule has 1 N–H and O–H groups in total. The summed E-state index contributed by atoms with van der Waals surface area (Å²) in [5, 5.41) is 3.12. The van der Waals surface area contributed by atoms with Crippen molar-refractivity contribution in [1.82, 2.24) is 10.2 Å². The maximum atomic E-state index is 12.9. The molecule has 2 amide bonds. The highest BCUT2D eigenvalue weighted by Crippen LogP contribution is 2.34. The van der Waals surface area contributed by atoms with Gasteiger partial charge in [-0.15, -0.1) is 11.8 Å². The number of carbonyl (C=O) groups excluding carboxylic acids is 2. The fourth-order valence-electron chi connectivity index (χ4n) is 3.80. The number of rotatable bonds is 4. The Labute approximate surface area is 170 Å². The van der Waals surface area contributed by atoms with Gasteiger partial charge < -0.3 is 10.2 Å². The molecular formula is C22H25N3O2S. The van der Waals surface area contributed by atoms with E-state index in [-0.39, 0.29) is 17.9 Å². The molecular weight excluding hydrogens is 370 g/mol. The Balaban J connectivity index is 1.28. The van der Waals surface area contributed by atoms with E-state index in [0.717, 1.165) is 43.9 Å². The lowest BCUT2D eigenvalue weighted by Crippen LogP contribution is -2.48. The first-order chi connectivity index (χ1) is 13.7. The molecule has 1 fully saturated rings. The molecule has 5 nitrogen and oxygen atoms in total. The zero-order valence-electron chi connectivity index (χ0n) is 15.8. The monoisotopic (exact) mass is 395 g/mol. The van der Waals surface area contributed by atoms with Crippen LogP contribution in [0, 0.1) is 0 Å². The molecule has 28 heavy (non-hydrogen) atoms. The van der Waals surface area contributed by atoms with Crippen LogP contribution in [0.4, 0.5) is 5.69 Å². The molecule has 0 spiro atoms. The van der Waals surface area contributed by atoms with Crippen molar-refractivity contribution in [3.05, 3.63) is 60.2 Å². The summed E-state index contributed by atoms with van der Waals surface area (Å²) in [6.07, 6.45) is 1.75. The van der Waals surface area contributed by atoms with Crippen LogP contribution in [-0.4, -0.2) is 54.7 Å². The van der Waals surface area contributed by atoms with Crippen LogP contribution in [0.5, 0.6) is 0 Å². The Bertz CT molecular complexity index is 835. The Morgan fingerprint density at radius 1 is 0.964 bits per heavy atom. The maximum Gasteiger partial charge on any atom is 0.251 e. The average Bonchev–Trinajstić information content (AvgIpc) is 2.75. The molecule has 2 aliphatic heterocycles. The van der Waals surface area contributed by atoms with Gasteiger partial charge in [0.05, 0.1) is 12.2 Å². The first kappa shape index (κ1) is 19.0. The minimum atomic E-state index is -0.0162. The number of piperidine rings is 1. The number of likely N-dealkylation sites (tertiary alicyclic amines) is 1. The minimum absolute atomic E-state index is 0.0162. The number of para-hydroxylation sites is 1. The minimum Gasteiger partial charge on any atom is -0.349 e. The fraction of sp³-hybridized carbons (Fsp3) is 0.364. The number of nitrogens with zero attached hydrogens (tertiary/aromatic N) is 2. The molecule has 0 radical (unpaired) electrons. The molecule has 2 aromatic carbocycles. The molecule has 146 valence electrons. The highest BCUT2D eigenvalue weighted by molar-refractivity contribution is 7.99. The van der Waals surface area contributed by atoms with Gasteiger partial charge in [0.15, 0.2) is 0 Å².